The molecule has 0 radical (unpaired) electrons. The van der Waals surface area contributed by atoms with E-state index >= 15 is 0 Å². The highest BCUT2D eigenvalue weighted by molar-refractivity contribution is 6.47. The molecule has 0 unspecified atom stereocenters. The topological polar surface area (TPSA) is 128 Å². The molecule has 0 spiro atoms. The van der Waals surface area contributed by atoms with Crippen LogP contribution >= 0.6 is 0 Å². The van der Waals surface area contributed by atoms with Gasteiger partial charge in [0.05, 0.1) is 13.1 Å². The van der Waals surface area contributed by atoms with Crippen LogP contribution in [0.15, 0.2) is 18.2 Å². The number of methoxy groups -OCH3 is 1. The molecule has 1 atom stereocenters. The van der Waals surface area contributed by atoms with Crippen LogP contribution < -0.4 is 15.7 Å². The molecule has 2 rings (SSSR count). The molecular weight excluding hydrogens is 303 g/mol. The third-order valence-electron chi connectivity index (χ3n) is 3.47. The van der Waals surface area contributed by atoms with Gasteiger partial charge in [0.1, 0.15) is 11.3 Å². The van der Waals surface area contributed by atoms with E-state index in [0.717, 1.165) is 0 Å². The maximum Gasteiger partial charge on any atom is 0.547 e. The van der Waals surface area contributed by atoms with E-state index in [1.54, 1.807) is 12.1 Å². The molecule has 1 aromatic carbocycles. The zero-order chi connectivity index (χ0) is 17.0. The van der Waals surface area contributed by atoms with E-state index < -0.39 is 30.8 Å². The van der Waals surface area contributed by atoms with Crippen molar-refractivity contribution in [2.75, 3.05) is 7.11 Å². The van der Waals surface area contributed by atoms with Gasteiger partial charge in [-0.25, -0.2) is 4.79 Å². The summed E-state index contributed by atoms with van der Waals surface area (Å²) in [5.74, 6) is -2.00. The van der Waals surface area contributed by atoms with Crippen LogP contribution in [0.2, 0.25) is 0 Å². The van der Waals surface area contributed by atoms with Gasteiger partial charge >= 0.3 is 13.1 Å². The molecule has 23 heavy (non-hydrogen) atoms. The monoisotopic (exact) mass is 320 g/mol. The molecule has 0 aromatic heterocycles. The molecule has 0 saturated heterocycles. The Bertz CT molecular complexity index is 636. The summed E-state index contributed by atoms with van der Waals surface area (Å²) < 4.78 is 10.0. The van der Waals surface area contributed by atoms with Crippen LogP contribution in [0.4, 0.5) is 0 Å². The Morgan fingerprint density at radius 2 is 2.17 bits per heavy atom. The van der Waals surface area contributed by atoms with Crippen molar-refractivity contribution in [3.05, 3.63) is 29.3 Å². The molecule has 4 N–H and O–H groups in total. The molecule has 2 amide bonds. The second-order valence-corrected chi connectivity index (χ2v) is 5.14. The lowest BCUT2D eigenvalue weighted by atomic mass is 9.72. The van der Waals surface area contributed by atoms with Gasteiger partial charge in [0.2, 0.25) is 11.8 Å². The quantitative estimate of drug-likeness (QED) is 0.480. The zero-order valence-corrected chi connectivity index (χ0v) is 12.6. The number of hydrogen-bond acceptors (Lipinski definition) is 6. The molecular formula is C14H17BN2O6. The van der Waals surface area contributed by atoms with Crippen LogP contribution in [0.3, 0.4) is 0 Å². The van der Waals surface area contributed by atoms with Crippen molar-refractivity contribution in [3.63, 3.8) is 0 Å². The highest BCUT2D eigenvalue weighted by Gasteiger charge is 2.37. The molecule has 1 aromatic rings. The van der Waals surface area contributed by atoms with E-state index in [9.17, 15) is 19.4 Å². The molecule has 9 heteroatoms. The molecule has 1 aliphatic rings. The van der Waals surface area contributed by atoms with Crippen LogP contribution in [0.1, 0.15) is 28.8 Å². The SMILES string of the molecule is COC(=O)c1cccc2c1OB(O)[C@@H](NC(=O)CCC(N)=O)C2. The minimum Gasteiger partial charge on any atom is -0.534 e. The second-order valence-electron chi connectivity index (χ2n) is 5.14. The van der Waals surface area contributed by atoms with Crippen molar-refractivity contribution in [1.29, 1.82) is 0 Å². The normalized spacial score (nSPS) is 16.1. The van der Waals surface area contributed by atoms with Gasteiger partial charge in [-0.3, -0.25) is 9.59 Å². The first-order chi connectivity index (χ1) is 10.9. The van der Waals surface area contributed by atoms with Crippen molar-refractivity contribution in [2.45, 2.75) is 25.2 Å². The number of nitrogens with two attached hydrogens (primary N) is 1. The van der Waals surface area contributed by atoms with Crippen LogP contribution in [-0.4, -0.2) is 43.0 Å². The number of hydrogen-bond donors (Lipinski definition) is 3. The van der Waals surface area contributed by atoms with E-state index in [2.05, 4.69) is 10.1 Å². The predicted molar refractivity (Wildman–Crippen MR) is 80.4 cm³/mol. The molecule has 0 aliphatic carbocycles. The van der Waals surface area contributed by atoms with Crippen molar-refractivity contribution in [3.8, 4) is 5.75 Å². The lowest BCUT2D eigenvalue weighted by Gasteiger charge is -2.29. The number of benzene rings is 1. The van der Waals surface area contributed by atoms with Crippen molar-refractivity contribution in [1.82, 2.24) is 5.32 Å². The number of ether oxygens (including phenoxy) is 1. The lowest BCUT2D eigenvalue weighted by molar-refractivity contribution is -0.125. The van der Waals surface area contributed by atoms with Crippen LogP contribution in [0, 0.1) is 0 Å². The Morgan fingerprint density at radius 3 is 2.83 bits per heavy atom. The van der Waals surface area contributed by atoms with Crippen LogP contribution in [0.25, 0.3) is 0 Å². The molecule has 1 heterocycles. The Labute approximate surface area is 133 Å². The number of nitrogens with one attached hydrogen (secondary N) is 1. The fourth-order valence-corrected chi connectivity index (χ4v) is 2.33. The standard InChI is InChI=1S/C14H17BN2O6/c1-22-14(20)9-4-2-3-8-7-10(15(21)23-13(8)9)17-12(19)6-5-11(16)18/h2-4,10,21H,5-7H2,1H3,(H2,16,18)(H,17,19)/t10-/m0/s1. The summed E-state index contributed by atoms with van der Waals surface area (Å²) in [4.78, 5) is 34.1. The van der Waals surface area contributed by atoms with Gasteiger partial charge in [-0.2, -0.15) is 0 Å². The van der Waals surface area contributed by atoms with Crippen molar-refractivity contribution < 1.29 is 28.8 Å². The number of carbonyl (C=O) groups excluding carboxylic acids is 3. The van der Waals surface area contributed by atoms with E-state index in [4.69, 9.17) is 10.4 Å². The molecule has 0 bridgehead atoms. The van der Waals surface area contributed by atoms with Crippen molar-refractivity contribution >= 4 is 24.9 Å². The number of primary amides is 1. The Morgan fingerprint density at radius 1 is 1.43 bits per heavy atom. The van der Waals surface area contributed by atoms with Crippen LogP contribution in [0.5, 0.6) is 5.75 Å². The number of carbonyl (C=O) groups is 3. The van der Waals surface area contributed by atoms with Gasteiger partial charge in [-0.05, 0) is 18.1 Å². The van der Waals surface area contributed by atoms with Gasteiger partial charge in [0.25, 0.3) is 0 Å². The van der Waals surface area contributed by atoms with E-state index in [1.165, 1.54) is 13.2 Å². The summed E-state index contributed by atoms with van der Waals surface area (Å²) >= 11 is 0. The highest BCUT2D eigenvalue weighted by atomic mass is 16.5. The van der Waals surface area contributed by atoms with E-state index in [1.807, 2.05) is 0 Å². The number of amides is 2. The van der Waals surface area contributed by atoms with Gasteiger partial charge in [-0.1, -0.05) is 12.1 Å². The summed E-state index contributed by atoms with van der Waals surface area (Å²) in [5.41, 5.74) is 5.86. The minimum atomic E-state index is -1.31. The smallest absolute Gasteiger partial charge is 0.534 e. The lowest BCUT2D eigenvalue weighted by Crippen LogP contribution is -2.53. The number of esters is 1. The summed E-state index contributed by atoms with van der Waals surface area (Å²) in [5, 5.41) is 12.6. The maximum atomic E-state index is 11.7. The third-order valence-corrected chi connectivity index (χ3v) is 3.47. The zero-order valence-electron chi connectivity index (χ0n) is 12.6. The predicted octanol–water partition coefficient (Wildman–Crippen LogP) is -0.822. The fourth-order valence-electron chi connectivity index (χ4n) is 2.33. The highest BCUT2D eigenvalue weighted by Crippen LogP contribution is 2.30. The maximum absolute atomic E-state index is 11.7. The first kappa shape index (κ1) is 16.8. The summed E-state index contributed by atoms with van der Waals surface area (Å²) in [6.07, 6.45) is 0.149. The first-order valence-corrected chi connectivity index (χ1v) is 7.05. The van der Waals surface area contributed by atoms with Crippen LogP contribution in [-0.2, 0) is 20.7 Å². The molecule has 122 valence electrons. The Hall–Kier alpha value is -2.55. The van der Waals surface area contributed by atoms with E-state index in [-0.39, 0.29) is 30.6 Å². The molecule has 8 nitrogen and oxygen atoms in total. The Balaban J connectivity index is 2.11. The first-order valence-electron chi connectivity index (χ1n) is 7.05. The van der Waals surface area contributed by atoms with Gasteiger partial charge in [0, 0.05) is 12.8 Å². The summed E-state index contributed by atoms with van der Waals surface area (Å²) in [7, 11) is -0.0613. The van der Waals surface area contributed by atoms with Gasteiger partial charge < -0.3 is 25.5 Å². The average Bonchev–Trinajstić information content (AvgIpc) is 2.52. The number of rotatable bonds is 5. The third kappa shape index (κ3) is 4.01. The molecule has 1 aliphatic heterocycles. The van der Waals surface area contributed by atoms with Crippen molar-refractivity contribution in [2.24, 2.45) is 5.73 Å². The van der Waals surface area contributed by atoms with Gasteiger partial charge in [0.15, 0.2) is 0 Å². The number of fused-ring (bicyclic) bond motifs is 1. The fraction of sp³-hybridized carbons (Fsp3) is 0.357. The Kier molecular flexibility index (Phi) is 5.22. The largest absolute Gasteiger partial charge is 0.547 e. The van der Waals surface area contributed by atoms with Gasteiger partial charge in [-0.15, -0.1) is 0 Å². The number of para-hydroxylation sites is 1. The summed E-state index contributed by atoms with van der Waals surface area (Å²) in [6.45, 7) is 0. The minimum absolute atomic E-state index is 0.0619. The molecule has 0 saturated carbocycles. The average molecular weight is 320 g/mol. The summed E-state index contributed by atoms with van der Waals surface area (Å²) in [6, 6.07) is 4.93. The van der Waals surface area contributed by atoms with E-state index in [0.29, 0.717) is 5.56 Å². The second kappa shape index (κ2) is 7.14. The molecule has 0 fully saturated rings.